The number of hydrogen-bond acceptors (Lipinski definition) is 2. The summed E-state index contributed by atoms with van der Waals surface area (Å²) in [6, 6.07) is 6.56. The first-order valence-corrected chi connectivity index (χ1v) is 6.60. The topological polar surface area (TPSA) is 44.1 Å². The molecule has 0 aliphatic carbocycles. The molecule has 3 nitrogen and oxygen atoms in total. The van der Waals surface area contributed by atoms with Crippen LogP contribution in [0.25, 0.3) is 0 Å². The number of carbonyl (C=O) groups is 1. The summed E-state index contributed by atoms with van der Waals surface area (Å²) in [7, 11) is 0. The number of likely N-dealkylation sites (tertiary alicyclic amines) is 1. The second kappa shape index (κ2) is 6.03. The van der Waals surface area contributed by atoms with E-state index in [2.05, 4.69) is 6.07 Å². The number of piperidine rings is 1. The van der Waals surface area contributed by atoms with E-state index >= 15 is 0 Å². The smallest absolute Gasteiger partial charge is 0.227 e. The van der Waals surface area contributed by atoms with Crippen molar-refractivity contribution in [2.45, 2.75) is 19.3 Å². The maximum atomic E-state index is 13.6. The van der Waals surface area contributed by atoms with Gasteiger partial charge in [-0.1, -0.05) is 17.7 Å². The molecule has 2 rings (SSSR count). The van der Waals surface area contributed by atoms with Crippen molar-refractivity contribution < 1.29 is 9.18 Å². The average Bonchev–Trinajstić information content (AvgIpc) is 2.43. The van der Waals surface area contributed by atoms with Crippen LogP contribution < -0.4 is 0 Å². The number of nitrogens with zero attached hydrogens (tertiary/aromatic N) is 2. The van der Waals surface area contributed by atoms with Crippen LogP contribution in [-0.4, -0.2) is 23.9 Å². The van der Waals surface area contributed by atoms with E-state index in [-0.39, 0.29) is 28.8 Å². The molecule has 0 bridgehead atoms. The number of hydrogen-bond donors (Lipinski definition) is 0. The van der Waals surface area contributed by atoms with Crippen molar-refractivity contribution in [3.05, 3.63) is 34.6 Å². The van der Waals surface area contributed by atoms with Crippen LogP contribution in [0, 0.1) is 23.1 Å². The van der Waals surface area contributed by atoms with E-state index < -0.39 is 5.82 Å². The minimum Gasteiger partial charge on any atom is -0.341 e. The Morgan fingerprint density at radius 1 is 1.58 bits per heavy atom. The van der Waals surface area contributed by atoms with Gasteiger partial charge >= 0.3 is 0 Å². The van der Waals surface area contributed by atoms with Gasteiger partial charge in [0, 0.05) is 23.7 Å². The van der Waals surface area contributed by atoms with Crippen LogP contribution in [0.5, 0.6) is 0 Å². The molecule has 1 aliphatic rings. The molecule has 0 radical (unpaired) electrons. The van der Waals surface area contributed by atoms with Gasteiger partial charge in [-0.3, -0.25) is 4.79 Å². The zero-order valence-electron chi connectivity index (χ0n) is 10.4. The average molecular weight is 281 g/mol. The summed E-state index contributed by atoms with van der Waals surface area (Å²) in [6.45, 7) is 1.06. The molecule has 1 aromatic carbocycles. The molecule has 5 heteroatoms. The normalized spacial score (nSPS) is 19.0. The monoisotopic (exact) mass is 280 g/mol. The lowest BCUT2D eigenvalue weighted by molar-refractivity contribution is -0.131. The third-order valence-corrected chi connectivity index (χ3v) is 3.70. The SMILES string of the molecule is N#CC1CCCN(C(=O)Cc2c(F)cccc2Cl)C1. The first-order valence-electron chi connectivity index (χ1n) is 6.22. The molecule has 1 amide bonds. The van der Waals surface area contributed by atoms with E-state index in [0.29, 0.717) is 13.1 Å². The van der Waals surface area contributed by atoms with Crippen molar-refractivity contribution in [1.82, 2.24) is 4.90 Å². The molecular weight excluding hydrogens is 267 g/mol. The van der Waals surface area contributed by atoms with Gasteiger partial charge in [-0.2, -0.15) is 5.26 Å². The van der Waals surface area contributed by atoms with Crippen molar-refractivity contribution in [3.63, 3.8) is 0 Å². The number of nitriles is 1. The Kier molecular flexibility index (Phi) is 4.39. The summed E-state index contributed by atoms with van der Waals surface area (Å²) in [4.78, 5) is 13.7. The quantitative estimate of drug-likeness (QED) is 0.836. The number of carbonyl (C=O) groups excluding carboxylic acids is 1. The molecule has 1 saturated heterocycles. The Labute approximate surface area is 116 Å². The number of halogens is 2. The fraction of sp³-hybridized carbons (Fsp3) is 0.429. The first kappa shape index (κ1) is 13.8. The maximum absolute atomic E-state index is 13.6. The number of benzene rings is 1. The molecule has 19 heavy (non-hydrogen) atoms. The first-order chi connectivity index (χ1) is 9.11. The summed E-state index contributed by atoms with van der Waals surface area (Å²) >= 11 is 5.91. The van der Waals surface area contributed by atoms with Crippen LogP contribution in [0.3, 0.4) is 0 Å². The van der Waals surface area contributed by atoms with E-state index in [9.17, 15) is 9.18 Å². The van der Waals surface area contributed by atoms with Crippen molar-refractivity contribution in [3.8, 4) is 6.07 Å². The van der Waals surface area contributed by atoms with E-state index in [1.165, 1.54) is 12.1 Å². The Morgan fingerprint density at radius 3 is 3.05 bits per heavy atom. The van der Waals surface area contributed by atoms with E-state index in [0.717, 1.165) is 12.8 Å². The summed E-state index contributed by atoms with van der Waals surface area (Å²) < 4.78 is 13.6. The van der Waals surface area contributed by atoms with Crippen molar-refractivity contribution in [2.24, 2.45) is 5.92 Å². The molecule has 1 heterocycles. The molecule has 1 atom stereocenters. The standard InChI is InChI=1S/C14H14ClFN2O/c15-12-4-1-5-13(16)11(12)7-14(19)18-6-2-3-10(8-17)9-18/h1,4-5,10H,2-3,6-7,9H2. The summed E-state index contributed by atoms with van der Waals surface area (Å²) in [5, 5.41) is 9.17. The minimum absolute atomic E-state index is 0.0519. The second-order valence-electron chi connectivity index (χ2n) is 4.68. The zero-order valence-corrected chi connectivity index (χ0v) is 11.2. The third kappa shape index (κ3) is 3.24. The summed E-state index contributed by atoms with van der Waals surface area (Å²) in [6.07, 6.45) is 1.58. The third-order valence-electron chi connectivity index (χ3n) is 3.35. The zero-order chi connectivity index (χ0) is 13.8. The van der Waals surface area contributed by atoms with Gasteiger partial charge in [-0.15, -0.1) is 0 Å². The molecule has 1 aromatic rings. The fourth-order valence-electron chi connectivity index (χ4n) is 2.27. The highest BCUT2D eigenvalue weighted by Gasteiger charge is 2.24. The lowest BCUT2D eigenvalue weighted by Gasteiger charge is -2.29. The molecule has 1 fully saturated rings. The largest absolute Gasteiger partial charge is 0.341 e. The second-order valence-corrected chi connectivity index (χ2v) is 5.09. The predicted molar refractivity (Wildman–Crippen MR) is 70.0 cm³/mol. The van der Waals surface area contributed by atoms with E-state index in [1.807, 2.05) is 0 Å². The lowest BCUT2D eigenvalue weighted by Crippen LogP contribution is -2.40. The van der Waals surface area contributed by atoms with Gasteiger partial charge in [0.2, 0.25) is 5.91 Å². The molecule has 0 N–H and O–H groups in total. The van der Waals surface area contributed by atoms with E-state index in [4.69, 9.17) is 16.9 Å². The highest BCUT2D eigenvalue weighted by Crippen LogP contribution is 2.22. The van der Waals surface area contributed by atoms with Crippen molar-refractivity contribution >= 4 is 17.5 Å². The molecule has 1 aliphatic heterocycles. The Balaban J connectivity index is 2.07. The Hall–Kier alpha value is -1.60. The highest BCUT2D eigenvalue weighted by molar-refractivity contribution is 6.31. The van der Waals surface area contributed by atoms with Gasteiger partial charge in [0.05, 0.1) is 18.4 Å². The van der Waals surface area contributed by atoms with Crippen LogP contribution in [0.15, 0.2) is 18.2 Å². The van der Waals surface area contributed by atoms with Gasteiger partial charge in [0.25, 0.3) is 0 Å². The Bertz CT molecular complexity index is 506. The summed E-state index contributed by atoms with van der Waals surface area (Å²) in [5.41, 5.74) is 0.230. The molecular formula is C14H14ClFN2O. The number of amides is 1. The van der Waals surface area contributed by atoms with Gasteiger partial charge in [-0.25, -0.2) is 4.39 Å². The van der Waals surface area contributed by atoms with Gasteiger partial charge < -0.3 is 4.90 Å². The maximum Gasteiger partial charge on any atom is 0.227 e. The van der Waals surface area contributed by atoms with Crippen LogP contribution in [0.4, 0.5) is 4.39 Å². The van der Waals surface area contributed by atoms with Gasteiger partial charge in [0.15, 0.2) is 0 Å². The highest BCUT2D eigenvalue weighted by atomic mass is 35.5. The van der Waals surface area contributed by atoms with Crippen LogP contribution >= 0.6 is 11.6 Å². The lowest BCUT2D eigenvalue weighted by atomic mass is 9.99. The Morgan fingerprint density at radius 2 is 2.37 bits per heavy atom. The van der Waals surface area contributed by atoms with E-state index in [1.54, 1.807) is 11.0 Å². The van der Waals surface area contributed by atoms with Crippen molar-refractivity contribution in [1.29, 1.82) is 5.26 Å². The predicted octanol–water partition coefficient (Wildman–Crippen LogP) is 2.78. The molecule has 0 saturated carbocycles. The number of rotatable bonds is 2. The van der Waals surface area contributed by atoms with Crippen LogP contribution in [-0.2, 0) is 11.2 Å². The fourth-order valence-corrected chi connectivity index (χ4v) is 2.50. The van der Waals surface area contributed by atoms with Gasteiger partial charge in [-0.05, 0) is 25.0 Å². The molecule has 0 spiro atoms. The van der Waals surface area contributed by atoms with Crippen LogP contribution in [0.1, 0.15) is 18.4 Å². The minimum atomic E-state index is -0.463. The molecule has 1 unspecified atom stereocenters. The van der Waals surface area contributed by atoms with Crippen molar-refractivity contribution in [2.75, 3.05) is 13.1 Å². The molecule has 100 valence electrons. The van der Waals surface area contributed by atoms with Gasteiger partial charge in [0.1, 0.15) is 5.82 Å². The van der Waals surface area contributed by atoms with Crippen LogP contribution in [0.2, 0.25) is 5.02 Å². The summed E-state index contributed by atoms with van der Waals surface area (Å²) in [5.74, 6) is -0.754. The molecule has 0 aromatic heterocycles.